The number of esters is 1. The second kappa shape index (κ2) is 16.3. The number of carbonyl (C=O) groups is 1. The summed E-state index contributed by atoms with van der Waals surface area (Å²) >= 11 is 0. The van der Waals surface area contributed by atoms with E-state index in [4.69, 9.17) is 13.8 Å². The quantitative estimate of drug-likeness (QED) is 0.130. The molecule has 0 saturated carbocycles. The summed E-state index contributed by atoms with van der Waals surface area (Å²) in [6.45, 7) is 9.96. The van der Waals surface area contributed by atoms with E-state index in [1.54, 1.807) is 0 Å². The van der Waals surface area contributed by atoms with Crippen LogP contribution in [0, 0.1) is 0 Å². The summed E-state index contributed by atoms with van der Waals surface area (Å²) in [4.78, 5) is 22.1. The van der Waals surface area contributed by atoms with E-state index in [1.807, 2.05) is 45.9 Å². The molecule has 190 valence electrons. The van der Waals surface area contributed by atoms with Gasteiger partial charge in [0.05, 0.1) is 6.61 Å². The average molecular weight is 485 g/mol. The normalized spacial score (nSPS) is 13.3. The Morgan fingerprint density at radius 2 is 1.39 bits per heavy atom. The molecule has 0 aliphatic carbocycles. The van der Waals surface area contributed by atoms with Gasteiger partial charge in [0.25, 0.3) is 0 Å². The van der Waals surface area contributed by atoms with Crippen LogP contribution in [0.25, 0.3) is 0 Å². The van der Waals surface area contributed by atoms with Crippen molar-refractivity contribution < 1.29 is 28.0 Å². The number of ether oxygens (including phenoxy) is 1. The molecule has 6 nitrogen and oxygen atoms in total. The minimum atomic E-state index is -4.34. The van der Waals surface area contributed by atoms with Crippen LogP contribution in [0.3, 0.4) is 0 Å². The molecule has 0 saturated heterocycles. The molecular formula is C26H45O6P. The summed E-state index contributed by atoms with van der Waals surface area (Å²) in [5, 5.41) is 0. The van der Waals surface area contributed by atoms with Gasteiger partial charge in [-0.15, -0.1) is 0 Å². The first-order valence-corrected chi connectivity index (χ1v) is 14.1. The Labute approximate surface area is 201 Å². The molecule has 33 heavy (non-hydrogen) atoms. The summed E-state index contributed by atoms with van der Waals surface area (Å²) in [5.74, 6) is 0.347. The maximum absolute atomic E-state index is 12.5. The highest BCUT2D eigenvalue weighted by atomic mass is 31.2. The Hall–Kier alpha value is -1.36. The molecule has 0 amide bonds. The zero-order chi connectivity index (χ0) is 24.7. The largest absolute Gasteiger partial charge is 0.527 e. The maximum Gasteiger partial charge on any atom is 0.527 e. The maximum atomic E-state index is 12.5. The predicted molar refractivity (Wildman–Crippen MR) is 134 cm³/mol. The fourth-order valence-corrected chi connectivity index (χ4v) is 4.49. The van der Waals surface area contributed by atoms with Crippen molar-refractivity contribution in [2.75, 3.05) is 13.2 Å². The zero-order valence-corrected chi connectivity index (χ0v) is 22.2. The Morgan fingerprint density at radius 3 is 1.91 bits per heavy atom. The summed E-state index contributed by atoms with van der Waals surface area (Å²) in [7, 11) is -4.34. The van der Waals surface area contributed by atoms with Crippen LogP contribution in [0.15, 0.2) is 18.2 Å². The number of hydrogen-bond acceptors (Lipinski definition) is 5. The van der Waals surface area contributed by atoms with E-state index in [9.17, 15) is 14.3 Å². The highest BCUT2D eigenvalue weighted by Gasteiger charge is 2.27. The summed E-state index contributed by atoms with van der Waals surface area (Å²) in [5.41, 5.74) is 1.71. The van der Waals surface area contributed by atoms with Crippen molar-refractivity contribution in [1.82, 2.24) is 0 Å². The molecule has 0 aromatic heterocycles. The number of hydrogen-bond donors (Lipinski definition) is 1. The van der Waals surface area contributed by atoms with E-state index in [-0.39, 0.29) is 31.0 Å². The monoisotopic (exact) mass is 484 g/mol. The van der Waals surface area contributed by atoms with Gasteiger partial charge in [0, 0.05) is 6.42 Å². The number of rotatable bonds is 18. The molecule has 1 N–H and O–H groups in total. The van der Waals surface area contributed by atoms with Crippen LogP contribution in [0.1, 0.15) is 122 Å². The minimum absolute atomic E-state index is 0.0764. The van der Waals surface area contributed by atoms with E-state index in [0.29, 0.717) is 12.2 Å². The number of unbranched alkanes of at least 4 members (excludes halogenated alkanes) is 8. The molecule has 1 aromatic rings. The van der Waals surface area contributed by atoms with Crippen molar-refractivity contribution in [3.8, 4) is 5.75 Å². The summed E-state index contributed by atoms with van der Waals surface area (Å²) in [6.07, 6.45) is 11.0. The van der Waals surface area contributed by atoms with Gasteiger partial charge in [-0.2, -0.15) is 0 Å². The van der Waals surface area contributed by atoms with Gasteiger partial charge < -0.3 is 9.26 Å². The molecule has 0 spiro atoms. The Balaban J connectivity index is 2.32. The zero-order valence-electron chi connectivity index (χ0n) is 21.3. The second-order valence-corrected chi connectivity index (χ2v) is 10.6. The molecule has 1 aromatic carbocycles. The first-order valence-electron chi connectivity index (χ1n) is 12.6. The molecule has 0 fully saturated rings. The van der Waals surface area contributed by atoms with E-state index >= 15 is 0 Å². The van der Waals surface area contributed by atoms with Crippen molar-refractivity contribution in [2.24, 2.45) is 0 Å². The third-order valence-corrected chi connectivity index (χ3v) is 6.53. The van der Waals surface area contributed by atoms with E-state index in [0.717, 1.165) is 30.4 Å². The highest BCUT2D eigenvalue weighted by molar-refractivity contribution is 7.47. The molecule has 1 rings (SSSR count). The number of benzene rings is 1. The molecule has 7 heteroatoms. The van der Waals surface area contributed by atoms with Crippen molar-refractivity contribution in [2.45, 2.75) is 111 Å². The van der Waals surface area contributed by atoms with Crippen LogP contribution in [-0.2, 0) is 18.6 Å². The number of phosphoric ester groups is 1. The molecule has 0 heterocycles. The van der Waals surface area contributed by atoms with E-state index in [2.05, 4.69) is 6.92 Å². The lowest BCUT2D eigenvalue weighted by molar-refractivity contribution is -0.144. The van der Waals surface area contributed by atoms with Crippen LogP contribution in [0.4, 0.5) is 0 Å². The SMILES string of the molecule is CCCCCCCCCCCC(=O)OCCOP(=O)(O)Oc1c(C(C)C)cccc1C(C)C. The first kappa shape index (κ1) is 29.7. The second-order valence-electron chi connectivity index (χ2n) is 9.27. The van der Waals surface area contributed by atoms with Gasteiger partial charge in [0.2, 0.25) is 0 Å². The Bertz CT molecular complexity index is 705. The smallest absolute Gasteiger partial charge is 0.463 e. The molecule has 0 bridgehead atoms. The molecule has 0 aliphatic heterocycles. The van der Waals surface area contributed by atoms with E-state index in [1.165, 1.54) is 38.5 Å². The standard InChI is InChI=1S/C26H45O6P/c1-6-7-8-9-10-11-12-13-14-18-25(27)30-19-20-31-33(28,29)32-26-23(21(2)3)16-15-17-24(26)22(4)5/h15-17,21-22H,6-14,18-20H2,1-5H3,(H,28,29). The minimum Gasteiger partial charge on any atom is -0.463 e. The topological polar surface area (TPSA) is 82.1 Å². The summed E-state index contributed by atoms with van der Waals surface area (Å²) < 4.78 is 28.2. The molecule has 0 radical (unpaired) electrons. The Kier molecular flexibility index (Phi) is 14.7. The van der Waals surface area contributed by atoms with Crippen LogP contribution in [0.2, 0.25) is 0 Å². The van der Waals surface area contributed by atoms with Gasteiger partial charge in [-0.3, -0.25) is 14.2 Å². The summed E-state index contributed by atoms with van der Waals surface area (Å²) in [6, 6.07) is 5.70. The van der Waals surface area contributed by atoms with Crippen molar-refractivity contribution in [3.05, 3.63) is 29.3 Å². The predicted octanol–water partition coefficient (Wildman–Crippen LogP) is 7.89. The van der Waals surface area contributed by atoms with Gasteiger partial charge in [-0.25, -0.2) is 4.57 Å². The van der Waals surface area contributed by atoms with Crippen LogP contribution in [0.5, 0.6) is 5.75 Å². The molecule has 1 atom stereocenters. The molecular weight excluding hydrogens is 439 g/mol. The lowest BCUT2D eigenvalue weighted by Crippen LogP contribution is -2.11. The highest BCUT2D eigenvalue weighted by Crippen LogP contribution is 2.48. The first-order chi connectivity index (χ1) is 15.7. The van der Waals surface area contributed by atoms with Crippen molar-refractivity contribution >= 4 is 13.8 Å². The third-order valence-electron chi connectivity index (χ3n) is 5.61. The van der Waals surface area contributed by atoms with Crippen molar-refractivity contribution in [1.29, 1.82) is 0 Å². The third kappa shape index (κ3) is 12.6. The number of para-hydroxylation sites is 1. The lowest BCUT2D eigenvalue weighted by atomic mass is 9.94. The fraction of sp³-hybridized carbons (Fsp3) is 0.731. The van der Waals surface area contributed by atoms with Crippen LogP contribution >= 0.6 is 7.82 Å². The fourth-order valence-electron chi connectivity index (χ4n) is 3.69. The average Bonchev–Trinajstić information content (AvgIpc) is 2.75. The molecule has 1 unspecified atom stereocenters. The van der Waals surface area contributed by atoms with Crippen LogP contribution < -0.4 is 4.52 Å². The lowest BCUT2D eigenvalue weighted by Gasteiger charge is -2.21. The van der Waals surface area contributed by atoms with Gasteiger partial charge in [0.1, 0.15) is 12.4 Å². The van der Waals surface area contributed by atoms with Gasteiger partial charge >= 0.3 is 13.8 Å². The van der Waals surface area contributed by atoms with Crippen molar-refractivity contribution in [3.63, 3.8) is 0 Å². The van der Waals surface area contributed by atoms with Crippen LogP contribution in [-0.4, -0.2) is 24.1 Å². The van der Waals surface area contributed by atoms with Gasteiger partial charge in [-0.1, -0.05) is 104 Å². The number of carbonyl (C=O) groups excluding carboxylic acids is 1. The van der Waals surface area contributed by atoms with Gasteiger partial charge in [0.15, 0.2) is 0 Å². The number of phosphoric acid groups is 1. The van der Waals surface area contributed by atoms with Gasteiger partial charge in [-0.05, 0) is 29.4 Å². The molecule has 0 aliphatic rings. The Morgan fingerprint density at radius 1 is 0.879 bits per heavy atom. The van der Waals surface area contributed by atoms with E-state index < -0.39 is 7.82 Å².